The van der Waals surface area contributed by atoms with Crippen LogP contribution in [0.15, 0.2) is 18.2 Å². The molecule has 1 aromatic rings. The Balaban J connectivity index is 2.98. The van der Waals surface area contributed by atoms with Gasteiger partial charge in [0, 0.05) is 6.04 Å². The summed E-state index contributed by atoms with van der Waals surface area (Å²) in [6, 6.07) is 4.28. The highest BCUT2D eigenvalue weighted by molar-refractivity contribution is 5.90. The zero-order chi connectivity index (χ0) is 12.3. The van der Waals surface area contributed by atoms with Crippen molar-refractivity contribution in [2.45, 2.75) is 26.3 Å². The van der Waals surface area contributed by atoms with Crippen molar-refractivity contribution in [3.8, 4) is 5.75 Å². The lowest BCUT2D eigenvalue weighted by Crippen LogP contribution is -2.13. The van der Waals surface area contributed by atoms with Gasteiger partial charge in [0.05, 0.1) is 0 Å². The topological polar surface area (TPSA) is 83.5 Å². The fourth-order valence-corrected chi connectivity index (χ4v) is 1.60. The molecule has 0 aromatic heterocycles. The van der Waals surface area contributed by atoms with E-state index in [-0.39, 0.29) is 17.4 Å². The van der Waals surface area contributed by atoms with E-state index in [4.69, 9.17) is 10.8 Å². The molecule has 0 aliphatic carbocycles. The summed E-state index contributed by atoms with van der Waals surface area (Å²) in [5.41, 5.74) is 6.58. The summed E-state index contributed by atoms with van der Waals surface area (Å²) < 4.78 is 0. The Labute approximate surface area is 94.7 Å². The van der Waals surface area contributed by atoms with E-state index in [0.29, 0.717) is 5.92 Å². The zero-order valence-electron chi connectivity index (χ0n) is 9.47. The summed E-state index contributed by atoms with van der Waals surface area (Å²) in [5.74, 6) is -0.929. The number of aromatic hydroxyl groups is 1. The summed E-state index contributed by atoms with van der Waals surface area (Å²) >= 11 is 0. The molecule has 0 bridgehead atoms. The van der Waals surface area contributed by atoms with Crippen molar-refractivity contribution in [2.75, 3.05) is 0 Å². The van der Waals surface area contributed by atoms with Gasteiger partial charge in [-0.2, -0.15) is 0 Å². The summed E-state index contributed by atoms with van der Waals surface area (Å²) in [6.45, 7) is 4.11. The molecule has 0 aliphatic rings. The van der Waals surface area contributed by atoms with Gasteiger partial charge >= 0.3 is 5.97 Å². The average Bonchev–Trinajstić information content (AvgIpc) is 2.16. The van der Waals surface area contributed by atoms with Crippen molar-refractivity contribution in [1.29, 1.82) is 0 Å². The standard InChI is InChI=1S/C12H17NO3/c1-7(2)5-10(13)8-3-4-11(14)9(6-8)12(15)16/h3-4,6-7,10,14H,5,13H2,1-2H3,(H,15,16)/t10-/m0/s1. The SMILES string of the molecule is CC(C)C[C@H](N)c1ccc(O)c(C(=O)O)c1. The van der Waals surface area contributed by atoms with E-state index < -0.39 is 5.97 Å². The molecule has 16 heavy (non-hydrogen) atoms. The number of carboxylic acids is 1. The van der Waals surface area contributed by atoms with Crippen LogP contribution in [0.3, 0.4) is 0 Å². The number of phenols is 1. The molecule has 0 radical (unpaired) electrons. The van der Waals surface area contributed by atoms with Gasteiger partial charge in [0.2, 0.25) is 0 Å². The van der Waals surface area contributed by atoms with E-state index in [2.05, 4.69) is 13.8 Å². The largest absolute Gasteiger partial charge is 0.507 e. The number of aromatic carboxylic acids is 1. The molecule has 1 rings (SSSR count). The number of rotatable bonds is 4. The van der Waals surface area contributed by atoms with Crippen LogP contribution in [0.1, 0.15) is 42.2 Å². The first-order chi connectivity index (χ1) is 7.41. The fraction of sp³-hybridized carbons (Fsp3) is 0.417. The van der Waals surface area contributed by atoms with E-state index in [1.807, 2.05) is 0 Å². The van der Waals surface area contributed by atoms with Crippen LogP contribution in [0, 0.1) is 5.92 Å². The van der Waals surface area contributed by atoms with Gasteiger partial charge in [-0.15, -0.1) is 0 Å². The molecule has 88 valence electrons. The van der Waals surface area contributed by atoms with E-state index in [9.17, 15) is 9.90 Å². The van der Waals surface area contributed by atoms with Crippen molar-refractivity contribution >= 4 is 5.97 Å². The Bertz CT molecular complexity index is 388. The minimum Gasteiger partial charge on any atom is -0.507 e. The third-order valence-electron chi connectivity index (χ3n) is 2.40. The van der Waals surface area contributed by atoms with Gasteiger partial charge in [0.25, 0.3) is 0 Å². The maximum atomic E-state index is 10.8. The quantitative estimate of drug-likeness (QED) is 0.730. The Morgan fingerprint density at radius 3 is 2.56 bits per heavy atom. The molecule has 0 aliphatic heterocycles. The molecule has 4 heteroatoms. The lowest BCUT2D eigenvalue weighted by molar-refractivity contribution is 0.0693. The third-order valence-corrected chi connectivity index (χ3v) is 2.40. The minimum absolute atomic E-state index is 0.100. The van der Waals surface area contributed by atoms with E-state index in [1.165, 1.54) is 12.1 Å². The maximum absolute atomic E-state index is 10.8. The Morgan fingerprint density at radius 1 is 1.44 bits per heavy atom. The van der Waals surface area contributed by atoms with Crippen molar-refractivity contribution in [2.24, 2.45) is 11.7 Å². The van der Waals surface area contributed by atoms with Crippen LogP contribution in [0.2, 0.25) is 0 Å². The van der Waals surface area contributed by atoms with E-state index in [1.54, 1.807) is 6.07 Å². The van der Waals surface area contributed by atoms with Gasteiger partial charge in [-0.25, -0.2) is 4.79 Å². The first kappa shape index (κ1) is 12.5. The van der Waals surface area contributed by atoms with E-state index in [0.717, 1.165) is 12.0 Å². The molecule has 1 aromatic carbocycles. The molecule has 4 N–H and O–H groups in total. The second kappa shape index (κ2) is 4.99. The van der Waals surface area contributed by atoms with Gasteiger partial charge in [-0.05, 0) is 30.0 Å². The molecule has 0 saturated heterocycles. The summed E-state index contributed by atoms with van der Waals surface area (Å²) in [6.07, 6.45) is 0.782. The van der Waals surface area contributed by atoms with Crippen LogP contribution in [-0.2, 0) is 0 Å². The first-order valence-corrected chi connectivity index (χ1v) is 5.23. The van der Waals surface area contributed by atoms with Crippen molar-refractivity contribution in [3.05, 3.63) is 29.3 Å². The van der Waals surface area contributed by atoms with Crippen LogP contribution < -0.4 is 5.73 Å². The molecule has 0 saturated carbocycles. The molecule has 0 amide bonds. The van der Waals surface area contributed by atoms with Crippen LogP contribution in [0.5, 0.6) is 5.75 Å². The zero-order valence-corrected chi connectivity index (χ0v) is 9.47. The van der Waals surface area contributed by atoms with Crippen molar-refractivity contribution in [3.63, 3.8) is 0 Å². The molecule has 0 unspecified atom stereocenters. The second-order valence-corrected chi connectivity index (χ2v) is 4.32. The highest BCUT2D eigenvalue weighted by atomic mass is 16.4. The highest BCUT2D eigenvalue weighted by Gasteiger charge is 2.14. The van der Waals surface area contributed by atoms with Crippen LogP contribution in [0.25, 0.3) is 0 Å². The molecule has 0 fully saturated rings. The molecule has 4 nitrogen and oxygen atoms in total. The number of carboxylic acid groups (broad SMARTS) is 1. The lowest BCUT2D eigenvalue weighted by atomic mass is 9.96. The number of hydrogen-bond donors (Lipinski definition) is 3. The fourth-order valence-electron chi connectivity index (χ4n) is 1.60. The minimum atomic E-state index is -1.14. The number of nitrogens with two attached hydrogens (primary N) is 1. The molecular formula is C12H17NO3. The number of benzene rings is 1. The summed E-state index contributed by atoms with van der Waals surface area (Å²) in [5, 5.41) is 18.2. The average molecular weight is 223 g/mol. The van der Waals surface area contributed by atoms with Gasteiger partial charge in [-0.3, -0.25) is 0 Å². The summed E-state index contributed by atoms with van der Waals surface area (Å²) in [4.78, 5) is 10.8. The Kier molecular flexibility index (Phi) is 3.90. The number of carbonyl (C=O) groups is 1. The molecule has 0 heterocycles. The number of hydrogen-bond acceptors (Lipinski definition) is 3. The molecule has 1 atom stereocenters. The van der Waals surface area contributed by atoms with E-state index >= 15 is 0 Å². The third kappa shape index (κ3) is 2.97. The van der Waals surface area contributed by atoms with Crippen LogP contribution in [0.4, 0.5) is 0 Å². The van der Waals surface area contributed by atoms with Crippen molar-refractivity contribution < 1.29 is 15.0 Å². The second-order valence-electron chi connectivity index (χ2n) is 4.32. The van der Waals surface area contributed by atoms with Gasteiger partial charge in [-0.1, -0.05) is 19.9 Å². The van der Waals surface area contributed by atoms with Crippen LogP contribution in [-0.4, -0.2) is 16.2 Å². The van der Waals surface area contributed by atoms with Gasteiger partial charge in [0.15, 0.2) is 0 Å². The highest BCUT2D eigenvalue weighted by Crippen LogP contribution is 2.24. The maximum Gasteiger partial charge on any atom is 0.339 e. The smallest absolute Gasteiger partial charge is 0.339 e. The van der Waals surface area contributed by atoms with Crippen molar-refractivity contribution in [1.82, 2.24) is 0 Å². The molecule has 0 spiro atoms. The molecular weight excluding hydrogens is 206 g/mol. The summed E-state index contributed by atoms with van der Waals surface area (Å²) in [7, 11) is 0. The lowest BCUT2D eigenvalue weighted by Gasteiger charge is -2.15. The van der Waals surface area contributed by atoms with Gasteiger partial charge < -0.3 is 15.9 Å². The Morgan fingerprint density at radius 2 is 2.06 bits per heavy atom. The predicted molar refractivity (Wildman–Crippen MR) is 61.4 cm³/mol. The van der Waals surface area contributed by atoms with Crippen LogP contribution >= 0.6 is 0 Å². The predicted octanol–water partition coefficient (Wildman–Crippen LogP) is 2.14. The monoisotopic (exact) mass is 223 g/mol. The van der Waals surface area contributed by atoms with Gasteiger partial charge in [0.1, 0.15) is 11.3 Å². The normalized spacial score (nSPS) is 12.8. The first-order valence-electron chi connectivity index (χ1n) is 5.23. The Hall–Kier alpha value is -1.55.